The largest absolute Gasteiger partial charge is 0.497 e. The molecule has 112 valence electrons. The van der Waals surface area contributed by atoms with Crippen molar-refractivity contribution in [1.82, 2.24) is 15.0 Å². The zero-order valence-corrected chi connectivity index (χ0v) is 12.2. The second kappa shape index (κ2) is 5.48. The zero-order chi connectivity index (χ0) is 15.7. The highest BCUT2D eigenvalue weighted by Gasteiger charge is 2.15. The van der Waals surface area contributed by atoms with E-state index in [0.29, 0.717) is 17.2 Å². The Morgan fingerprint density at radius 3 is 2.68 bits per heavy atom. The first-order valence-electron chi connectivity index (χ1n) is 6.72. The van der Waals surface area contributed by atoms with Gasteiger partial charge in [0.2, 0.25) is 0 Å². The van der Waals surface area contributed by atoms with Crippen molar-refractivity contribution < 1.29 is 9.13 Å². The highest BCUT2D eigenvalue weighted by atomic mass is 19.1. The van der Waals surface area contributed by atoms with E-state index >= 15 is 0 Å². The van der Waals surface area contributed by atoms with Crippen LogP contribution in [0.1, 0.15) is 5.56 Å². The van der Waals surface area contributed by atoms with E-state index in [9.17, 15) is 4.39 Å². The average molecular weight is 298 g/mol. The molecule has 0 aliphatic carbocycles. The number of benzene rings is 2. The molecular weight excluding hydrogens is 283 g/mol. The summed E-state index contributed by atoms with van der Waals surface area (Å²) in [5.41, 5.74) is 9.06. The van der Waals surface area contributed by atoms with Crippen LogP contribution in [0.15, 0.2) is 42.5 Å². The minimum Gasteiger partial charge on any atom is -0.497 e. The summed E-state index contributed by atoms with van der Waals surface area (Å²) in [5, 5.41) is 8.16. The highest BCUT2D eigenvalue weighted by Crippen LogP contribution is 2.30. The Labute approximate surface area is 127 Å². The van der Waals surface area contributed by atoms with Gasteiger partial charge >= 0.3 is 0 Å². The number of nitrogens with zero attached hydrogens (tertiary/aromatic N) is 3. The molecule has 0 unspecified atom stereocenters. The number of anilines is 1. The third-order valence-corrected chi connectivity index (χ3v) is 3.45. The summed E-state index contributed by atoms with van der Waals surface area (Å²) >= 11 is 0. The molecule has 2 N–H and O–H groups in total. The van der Waals surface area contributed by atoms with Gasteiger partial charge in [-0.05, 0) is 48.9 Å². The number of halogens is 1. The van der Waals surface area contributed by atoms with Gasteiger partial charge in [-0.1, -0.05) is 11.3 Å². The van der Waals surface area contributed by atoms with Crippen LogP contribution >= 0.6 is 0 Å². The van der Waals surface area contributed by atoms with E-state index in [2.05, 4.69) is 10.3 Å². The van der Waals surface area contributed by atoms with Crippen LogP contribution in [0, 0.1) is 12.7 Å². The van der Waals surface area contributed by atoms with Crippen molar-refractivity contribution in [3.05, 3.63) is 53.8 Å². The van der Waals surface area contributed by atoms with Crippen LogP contribution in [0.4, 0.5) is 10.2 Å². The molecule has 6 heteroatoms. The molecule has 0 atom stereocenters. The predicted octanol–water partition coefficient (Wildman–Crippen LogP) is 2.97. The maximum Gasteiger partial charge on any atom is 0.155 e. The van der Waals surface area contributed by atoms with Crippen molar-refractivity contribution in [2.75, 3.05) is 12.8 Å². The smallest absolute Gasteiger partial charge is 0.155 e. The summed E-state index contributed by atoms with van der Waals surface area (Å²) in [6, 6.07) is 11.7. The summed E-state index contributed by atoms with van der Waals surface area (Å²) in [6.07, 6.45) is 0. The standard InChI is InChI=1S/C16H15FN4O/c1-10-8-13(22-2)6-7-14(10)15-16(18)21(20-19-15)12-5-3-4-11(17)9-12/h3-9H,18H2,1-2H3. The van der Waals surface area contributed by atoms with Gasteiger partial charge in [-0.2, -0.15) is 4.68 Å². The molecule has 0 bridgehead atoms. The molecule has 0 fully saturated rings. The van der Waals surface area contributed by atoms with Gasteiger partial charge < -0.3 is 10.5 Å². The topological polar surface area (TPSA) is 66.0 Å². The maximum atomic E-state index is 13.3. The average Bonchev–Trinajstić information content (AvgIpc) is 2.88. The van der Waals surface area contributed by atoms with Crippen molar-refractivity contribution in [2.45, 2.75) is 6.92 Å². The lowest BCUT2D eigenvalue weighted by Crippen LogP contribution is -2.02. The van der Waals surface area contributed by atoms with Crippen LogP contribution < -0.4 is 10.5 Å². The lowest BCUT2D eigenvalue weighted by atomic mass is 10.1. The molecular formula is C16H15FN4O. The van der Waals surface area contributed by atoms with Gasteiger partial charge in [0.25, 0.3) is 0 Å². The molecule has 0 aliphatic rings. The van der Waals surface area contributed by atoms with Crippen molar-refractivity contribution in [1.29, 1.82) is 0 Å². The zero-order valence-electron chi connectivity index (χ0n) is 12.2. The Hall–Kier alpha value is -2.89. The minimum absolute atomic E-state index is 0.352. The first-order chi connectivity index (χ1) is 10.6. The number of hydrogen-bond donors (Lipinski definition) is 1. The Morgan fingerprint density at radius 1 is 1.18 bits per heavy atom. The molecule has 0 spiro atoms. The van der Waals surface area contributed by atoms with E-state index in [-0.39, 0.29) is 5.82 Å². The summed E-state index contributed by atoms with van der Waals surface area (Å²) < 4.78 is 20.0. The van der Waals surface area contributed by atoms with Gasteiger partial charge in [-0.3, -0.25) is 0 Å². The fourth-order valence-electron chi connectivity index (χ4n) is 2.31. The fraction of sp³-hybridized carbons (Fsp3) is 0.125. The summed E-state index contributed by atoms with van der Waals surface area (Å²) in [6.45, 7) is 1.94. The summed E-state index contributed by atoms with van der Waals surface area (Å²) in [7, 11) is 1.61. The van der Waals surface area contributed by atoms with Gasteiger partial charge in [0.05, 0.1) is 12.8 Å². The summed E-state index contributed by atoms with van der Waals surface area (Å²) in [4.78, 5) is 0. The third-order valence-electron chi connectivity index (χ3n) is 3.45. The second-order valence-electron chi connectivity index (χ2n) is 4.90. The van der Waals surface area contributed by atoms with E-state index in [1.165, 1.54) is 16.8 Å². The third kappa shape index (κ3) is 2.39. The number of rotatable bonds is 3. The van der Waals surface area contributed by atoms with Crippen molar-refractivity contribution in [2.24, 2.45) is 0 Å². The molecule has 5 nitrogen and oxygen atoms in total. The highest BCUT2D eigenvalue weighted by molar-refractivity contribution is 5.74. The lowest BCUT2D eigenvalue weighted by molar-refractivity contribution is 0.414. The number of nitrogen functional groups attached to an aromatic ring is 1. The van der Waals surface area contributed by atoms with Crippen LogP contribution in [-0.2, 0) is 0 Å². The molecule has 0 saturated carbocycles. The minimum atomic E-state index is -0.352. The first kappa shape index (κ1) is 14.1. The monoisotopic (exact) mass is 298 g/mol. The van der Waals surface area contributed by atoms with E-state index in [0.717, 1.165) is 16.9 Å². The van der Waals surface area contributed by atoms with Crippen molar-refractivity contribution >= 4 is 5.82 Å². The van der Waals surface area contributed by atoms with Crippen LogP contribution in [0.3, 0.4) is 0 Å². The van der Waals surface area contributed by atoms with Gasteiger partial charge in [0.1, 0.15) is 17.3 Å². The molecule has 0 aliphatic heterocycles. The first-order valence-corrected chi connectivity index (χ1v) is 6.72. The number of aromatic nitrogens is 3. The van der Waals surface area contributed by atoms with Crippen LogP contribution in [0.5, 0.6) is 5.75 Å². The SMILES string of the molecule is COc1ccc(-c2nnn(-c3cccc(F)c3)c2N)c(C)c1. The normalized spacial score (nSPS) is 10.7. The molecule has 1 heterocycles. The molecule has 0 saturated heterocycles. The Bertz CT molecular complexity index is 829. The maximum absolute atomic E-state index is 13.3. The number of methoxy groups -OCH3 is 1. The second-order valence-corrected chi connectivity index (χ2v) is 4.90. The number of aryl methyl sites for hydroxylation is 1. The number of hydrogen-bond acceptors (Lipinski definition) is 4. The van der Waals surface area contributed by atoms with Gasteiger partial charge in [0, 0.05) is 5.56 Å². The predicted molar refractivity (Wildman–Crippen MR) is 82.5 cm³/mol. The van der Waals surface area contributed by atoms with E-state index in [1.807, 2.05) is 25.1 Å². The van der Waals surface area contributed by atoms with E-state index < -0.39 is 0 Å². The van der Waals surface area contributed by atoms with Crippen LogP contribution in [0.25, 0.3) is 16.9 Å². The van der Waals surface area contributed by atoms with Crippen molar-refractivity contribution in [3.63, 3.8) is 0 Å². The number of nitrogens with two attached hydrogens (primary N) is 1. The molecule has 0 amide bonds. The Balaban J connectivity index is 2.07. The molecule has 22 heavy (non-hydrogen) atoms. The van der Waals surface area contributed by atoms with E-state index in [1.54, 1.807) is 19.2 Å². The molecule has 3 rings (SSSR count). The van der Waals surface area contributed by atoms with Gasteiger partial charge in [0.15, 0.2) is 5.82 Å². The molecule has 2 aromatic carbocycles. The van der Waals surface area contributed by atoms with E-state index in [4.69, 9.17) is 10.5 Å². The molecule has 3 aromatic rings. The molecule has 0 radical (unpaired) electrons. The molecule has 1 aromatic heterocycles. The van der Waals surface area contributed by atoms with Gasteiger partial charge in [-0.15, -0.1) is 5.10 Å². The number of ether oxygens (including phenoxy) is 1. The van der Waals surface area contributed by atoms with Crippen LogP contribution in [-0.4, -0.2) is 22.1 Å². The lowest BCUT2D eigenvalue weighted by Gasteiger charge is -2.07. The Kier molecular flexibility index (Phi) is 3.50. The summed E-state index contributed by atoms with van der Waals surface area (Å²) in [5.74, 6) is 0.769. The quantitative estimate of drug-likeness (QED) is 0.807. The van der Waals surface area contributed by atoms with Gasteiger partial charge in [-0.25, -0.2) is 4.39 Å². The fourth-order valence-corrected chi connectivity index (χ4v) is 2.31. The van der Waals surface area contributed by atoms with Crippen LogP contribution in [0.2, 0.25) is 0 Å². The Morgan fingerprint density at radius 2 is 2.00 bits per heavy atom. The van der Waals surface area contributed by atoms with Crippen molar-refractivity contribution in [3.8, 4) is 22.7 Å².